The van der Waals surface area contributed by atoms with Crippen molar-refractivity contribution in [1.29, 1.82) is 0 Å². The number of benzene rings is 4. The molecule has 216 valence electrons. The van der Waals surface area contributed by atoms with E-state index in [9.17, 15) is 18.0 Å². The molecule has 2 aromatic heterocycles. The van der Waals surface area contributed by atoms with Crippen LogP contribution in [0.3, 0.4) is 0 Å². The first-order chi connectivity index (χ1) is 20.8. The highest BCUT2D eigenvalue weighted by Gasteiger charge is 2.21. The molecule has 3 N–H and O–H groups in total. The Morgan fingerprint density at radius 1 is 0.837 bits per heavy atom. The van der Waals surface area contributed by atoms with E-state index in [1.807, 2.05) is 30.3 Å². The number of methoxy groups -OCH3 is 1. The molecule has 0 spiro atoms. The monoisotopic (exact) mass is 594 g/mol. The van der Waals surface area contributed by atoms with Gasteiger partial charge in [-0.15, -0.1) is 0 Å². The molecule has 0 bridgehead atoms. The normalized spacial score (nSPS) is 11.4. The van der Waals surface area contributed by atoms with E-state index in [0.717, 1.165) is 33.2 Å². The Bertz CT molecular complexity index is 2190. The molecule has 4 aromatic carbocycles. The van der Waals surface area contributed by atoms with Crippen LogP contribution in [0.4, 0.5) is 11.4 Å². The van der Waals surface area contributed by atoms with Gasteiger partial charge in [0, 0.05) is 41.8 Å². The van der Waals surface area contributed by atoms with Crippen LogP contribution >= 0.6 is 0 Å². The molecule has 6 aromatic rings. The van der Waals surface area contributed by atoms with Crippen molar-refractivity contribution in [3.8, 4) is 33.7 Å². The number of aromatic nitrogens is 2. The minimum Gasteiger partial charge on any atom is -0.494 e. The van der Waals surface area contributed by atoms with E-state index in [2.05, 4.69) is 15.0 Å². The molecule has 2 heterocycles. The molecule has 0 aliphatic rings. The second-order valence-corrected chi connectivity index (χ2v) is 11.4. The van der Waals surface area contributed by atoms with Crippen LogP contribution in [-0.4, -0.2) is 32.1 Å². The fraction of sp³-hybridized carbons (Fsp3) is 0.0625. The van der Waals surface area contributed by atoms with Crippen LogP contribution in [0.1, 0.15) is 0 Å². The van der Waals surface area contributed by atoms with Gasteiger partial charge in [0.15, 0.2) is 5.75 Å². The van der Waals surface area contributed by atoms with Crippen LogP contribution in [-0.2, 0) is 10.0 Å². The minimum atomic E-state index is -3.77. The molecule has 0 radical (unpaired) electrons. The van der Waals surface area contributed by atoms with Crippen LogP contribution in [0.5, 0.6) is 5.75 Å². The lowest BCUT2D eigenvalue weighted by Gasteiger charge is -2.18. The molecule has 0 saturated heterocycles. The average molecular weight is 595 g/mol. The first-order valence-electron chi connectivity index (χ1n) is 13.2. The number of hydrogen-bond acceptors (Lipinski definition) is 7. The summed E-state index contributed by atoms with van der Waals surface area (Å²) in [6, 6.07) is 24.4. The number of hydrogen-bond donors (Lipinski definition) is 3. The molecule has 0 aliphatic heterocycles. The second-order valence-electron chi connectivity index (χ2n) is 9.69. The molecule has 10 nitrogen and oxygen atoms in total. The summed E-state index contributed by atoms with van der Waals surface area (Å²) in [5, 5.41) is 4.69. The molecule has 0 saturated carbocycles. The van der Waals surface area contributed by atoms with Crippen molar-refractivity contribution in [1.82, 2.24) is 9.55 Å². The van der Waals surface area contributed by atoms with Gasteiger partial charge in [0.25, 0.3) is 15.6 Å². The van der Waals surface area contributed by atoms with Crippen LogP contribution in [0.25, 0.3) is 38.7 Å². The Balaban J connectivity index is 1.41. The molecule has 0 aliphatic carbocycles. The number of fused-ring (bicyclic) bond motifs is 1. The van der Waals surface area contributed by atoms with Gasteiger partial charge in [0.05, 0.1) is 30.2 Å². The zero-order valence-electron chi connectivity index (χ0n) is 23.1. The maximum absolute atomic E-state index is 13.0. The number of ether oxygens (including phenoxy) is 1. The third kappa shape index (κ3) is 5.29. The van der Waals surface area contributed by atoms with Crippen molar-refractivity contribution in [3.05, 3.63) is 124 Å². The first-order valence-corrected chi connectivity index (χ1v) is 14.7. The lowest BCUT2D eigenvalue weighted by atomic mass is 9.92. The van der Waals surface area contributed by atoms with Crippen molar-refractivity contribution in [2.24, 2.45) is 0 Å². The number of furan rings is 1. The van der Waals surface area contributed by atoms with Crippen molar-refractivity contribution in [3.63, 3.8) is 0 Å². The molecule has 0 unspecified atom stereocenters. The van der Waals surface area contributed by atoms with Gasteiger partial charge < -0.3 is 14.5 Å². The molecular weight excluding hydrogens is 568 g/mol. The number of nitrogens with one attached hydrogen (secondary N) is 3. The van der Waals surface area contributed by atoms with Crippen molar-refractivity contribution in [2.45, 2.75) is 4.90 Å². The largest absolute Gasteiger partial charge is 0.494 e. The Morgan fingerprint density at radius 2 is 1.58 bits per heavy atom. The zero-order valence-corrected chi connectivity index (χ0v) is 23.9. The van der Waals surface area contributed by atoms with Gasteiger partial charge in [-0.1, -0.05) is 24.3 Å². The third-order valence-corrected chi connectivity index (χ3v) is 8.49. The molecule has 11 heteroatoms. The highest BCUT2D eigenvalue weighted by Crippen LogP contribution is 2.43. The van der Waals surface area contributed by atoms with E-state index < -0.39 is 21.3 Å². The number of H-pyrrole nitrogens is 1. The predicted octanol–water partition coefficient (Wildman–Crippen LogP) is 5.46. The Morgan fingerprint density at radius 3 is 2.28 bits per heavy atom. The van der Waals surface area contributed by atoms with Gasteiger partial charge in [-0.05, 0) is 76.5 Å². The highest BCUT2D eigenvalue weighted by molar-refractivity contribution is 7.92. The van der Waals surface area contributed by atoms with E-state index in [1.54, 1.807) is 68.1 Å². The standard InChI is InChI=1S/C32H26N4O6S/c1-33-24-7-9-26(10-8-24)43(39,40)35-25-6-5-20-17-22(4-3-21(20)18-25)27-11-12-28(36-15-13-29(37)34-32(36)38)31(41-2)30(27)23-14-16-42-19-23/h3-19,33,35H,1-2H3,(H,34,37,38). The maximum atomic E-state index is 13.0. The molecule has 43 heavy (non-hydrogen) atoms. The maximum Gasteiger partial charge on any atom is 0.333 e. The highest BCUT2D eigenvalue weighted by atomic mass is 32.2. The van der Waals surface area contributed by atoms with Crippen molar-refractivity contribution in [2.75, 3.05) is 24.2 Å². The van der Waals surface area contributed by atoms with Gasteiger partial charge in [-0.25, -0.2) is 13.2 Å². The fourth-order valence-electron chi connectivity index (χ4n) is 5.00. The van der Waals surface area contributed by atoms with Crippen LogP contribution in [0.15, 0.2) is 123 Å². The topological polar surface area (TPSA) is 135 Å². The summed E-state index contributed by atoms with van der Waals surface area (Å²) in [5.41, 5.74) is 3.71. The molecule has 0 amide bonds. The van der Waals surface area contributed by atoms with E-state index in [0.29, 0.717) is 22.7 Å². The van der Waals surface area contributed by atoms with E-state index in [-0.39, 0.29) is 4.90 Å². The number of rotatable bonds is 8. The quantitative estimate of drug-likeness (QED) is 0.213. The van der Waals surface area contributed by atoms with Crippen LogP contribution in [0, 0.1) is 0 Å². The smallest absolute Gasteiger partial charge is 0.333 e. The minimum absolute atomic E-state index is 0.162. The zero-order chi connectivity index (χ0) is 30.1. The number of aromatic amines is 1. The fourth-order valence-corrected chi connectivity index (χ4v) is 6.05. The van der Waals surface area contributed by atoms with E-state index >= 15 is 0 Å². The van der Waals surface area contributed by atoms with Gasteiger partial charge >= 0.3 is 5.69 Å². The summed E-state index contributed by atoms with van der Waals surface area (Å²) in [5.74, 6) is 0.417. The Hall–Kier alpha value is -5.55. The predicted molar refractivity (Wildman–Crippen MR) is 167 cm³/mol. The summed E-state index contributed by atoms with van der Waals surface area (Å²) >= 11 is 0. The summed E-state index contributed by atoms with van der Waals surface area (Å²) < 4.78 is 41.1. The van der Waals surface area contributed by atoms with Crippen LogP contribution in [0.2, 0.25) is 0 Å². The van der Waals surface area contributed by atoms with Gasteiger partial charge in [-0.2, -0.15) is 0 Å². The molecular formula is C32H26N4O6S. The Labute approximate surface area is 246 Å². The van der Waals surface area contributed by atoms with Gasteiger partial charge in [0.1, 0.15) is 0 Å². The SMILES string of the molecule is CNc1ccc(S(=O)(=O)Nc2ccc3cc(-c4ccc(-n5ccc(=O)[nH]c5=O)c(OC)c4-c4ccoc4)ccc3c2)cc1. The van der Waals surface area contributed by atoms with Crippen LogP contribution < -0.4 is 26.0 Å². The summed E-state index contributed by atoms with van der Waals surface area (Å²) in [7, 11) is -0.491. The number of nitrogens with zero attached hydrogens (tertiary/aromatic N) is 1. The van der Waals surface area contributed by atoms with E-state index in [1.165, 1.54) is 23.9 Å². The third-order valence-electron chi connectivity index (χ3n) is 7.09. The summed E-state index contributed by atoms with van der Waals surface area (Å²) in [4.78, 5) is 26.7. The number of anilines is 2. The lowest BCUT2D eigenvalue weighted by Crippen LogP contribution is -2.27. The van der Waals surface area contributed by atoms with E-state index in [4.69, 9.17) is 9.15 Å². The Kier molecular flexibility index (Phi) is 7.08. The average Bonchev–Trinajstić information content (AvgIpc) is 3.55. The first kappa shape index (κ1) is 27.6. The second kappa shape index (κ2) is 11.0. The molecule has 0 atom stereocenters. The lowest BCUT2D eigenvalue weighted by molar-refractivity contribution is 0.414. The van der Waals surface area contributed by atoms with Crippen molar-refractivity contribution < 1.29 is 17.6 Å². The number of sulfonamides is 1. The van der Waals surface area contributed by atoms with Gasteiger partial charge in [0.2, 0.25) is 0 Å². The van der Waals surface area contributed by atoms with Gasteiger partial charge in [-0.3, -0.25) is 19.1 Å². The molecule has 6 rings (SSSR count). The van der Waals surface area contributed by atoms with Crippen molar-refractivity contribution >= 4 is 32.2 Å². The summed E-state index contributed by atoms with van der Waals surface area (Å²) in [6.07, 6.45) is 4.54. The summed E-state index contributed by atoms with van der Waals surface area (Å²) in [6.45, 7) is 0. The molecule has 0 fully saturated rings.